The number of rotatable bonds is 3. The van der Waals surface area contributed by atoms with E-state index in [-0.39, 0.29) is 5.92 Å². The number of ether oxygens (including phenoxy) is 1. The molecule has 0 unspecified atom stereocenters. The van der Waals surface area contributed by atoms with E-state index in [9.17, 15) is 0 Å². The maximum atomic E-state index is 6.44. The van der Waals surface area contributed by atoms with Crippen LogP contribution in [0.5, 0.6) is 11.8 Å². The molecule has 6 aromatic rings. The fourth-order valence-electron chi connectivity index (χ4n) is 4.72. The fourth-order valence-corrected chi connectivity index (χ4v) is 4.85. The lowest BCUT2D eigenvalue weighted by molar-refractivity contribution is 0.402. The van der Waals surface area contributed by atoms with Crippen LogP contribution in [-0.4, -0.2) is 34.3 Å². The van der Waals surface area contributed by atoms with E-state index in [1.807, 2.05) is 78.5 Å². The standard InChI is InChI=1S/C27H18ClN7O/c1-16-21-22(18-6-5-13-29-14-18)23-25-31-24(17-9-11-19(28)12-10-17)33-34(25)15-30-26(23)36-27(21)35(32-16)20-7-3-2-4-8-20/h2-15,22H,1H3/t22-/m0/s1. The van der Waals surface area contributed by atoms with E-state index in [0.717, 1.165) is 33.6 Å². The highest BCUT2D eigenvalue weighted by Gasteiger charge is 2.38. The summed E-state index contributed by atoms with van der Waals surface area (Å²) in [6, 6.07) is 21.4. The predicted molar refractivity (Wildman–Crippen MR) is 135 cm³/mol. The van der Waals surface area contributed by atoms with Gasteiger partial charge in [0.25, 0.3) is 0 Å². The molecule has 0 spiro atoms. The van der Waals surface area contributed by atoms with Gasteiger partial charge in [0.15, 0.2) is 11.5 Å². The minimum atomic E-state index is -0.242. The van der Waals surface area contributed by atoms with Crippen LogP contribution in [0.1, 0.15) is 28.3 Å². The second-order valence-corrected chi connectivity index (χ2v) is 8.98. The number of benzene rings is 2. The van der Waals surface area contributed by atoms with Crippen LogP contribution >= 0.6 is 11.6 Å². The monoisotopic (exact) mass is 491 g/mol. The average Bonchev–Trinajstić information content (AvgIpc) is 3.50. The molecule has 36 heavy (non-hydrogen) atoms. The van der Waals surface area contributed by atoms with E-state index < -0.39 is 0 Å². The molecule has 9 heteroatoms. The average molecular weight is 492 g/mol. The zero-order valence-electron chi connectivity index (χ0n) is 19.1. The molecule has 0 saturated heterocycles. The lowest BCUT2D eigenvalue weighted by atomic mass is 9.85. The fraction of sp³-hybridized carbons (Fsp3) is 0.0741. The Hall–Kier alpha value is -4.56. The number of halogens is 1. The lowest BCUT2D eigenvalue weighted by Gasteiger charge is -2.26. The van der Waals surface area contributed by atoms with Gasteiger partial charge < -0.3 is 4.74 Å². The van der Waals surface area contributed by atoms with Crippen molar-refractivity contribution in [3.05, 3.63) is 113 Å². The van der Waals surface area contributed by atoms with Crippen LogP contribution in [0.4, 0.5) is 0 Å². The van der Waals surface area contributed by atoms with E-state index in [2.05, 4.69) is 21.1 Å². The first-order chi connectivity index (χ1) is 17.7. The lowest BCUT2D eigenvalue weighted by Crippen LogP contribution is -2.16. The third-order valence-electron chi connectivity index (χ3n) is 6.34. The number of aromatic nitrogens is 7. The number of para-hydroxylation sites is 1. The second kappa shape index (κ2) is 8.00. The molecule has 0 amide bonds. The van der Waals surface area contributed by atoms with Crippen molar-refractivity contribution in [2.45, 2.75) is 12.8 Å². The maximum absolute atomic E-state index is 6.44. The molecule has 1 aliphatic heterocycles. The van der Waals surface area contributed by atoms with Crippen LogP contribution in [0.3, 0.4) is 0 Å². The third-order valence-corrected chi connectivity index (χ3v) is 6.59. The first-order valence-corrected chi connectivity index (χ1v) is 11.8. The molecular formula is C27H18ClN7O. The van der Waals surface area contributed by atoms with Crippen LogP contribution in [0.15, 0.2) is 85.5 Å². The molecule has 0 bridgehead atoms. The summed E-state index contributed by atoms with van der Waals surface area (Å²) in [5.74, 6) is 1.44. The molecule has 0 fully saturated rings. The summed E-state index contributed by atoms with van der Waals surface area (Å²) in [6.07, 6.45) is 5.25. The van der Waals surface area contributed by atoms with Gasteiger partial charge in [-0.05, 0) is 55.0 Å². The van der Waals surface area contributed by atoms with Crippen LogP contribution in [0, 0.1) is 6.92 Å². The van der Waals surface area contributed by atoms with Gasteiger partial charge in [-0.15, -0.1) is 5.10 Å². The molecule has 0 saturated carbocycles. The summed E-state index contributed by atoms with van der Waals surface area (Å²) >= 11 is 6.08. The minimum absolute atomic E-state index is 0.242. The number of hydrogen-bond acceptors (Lipinski definition) is 6. The molecule has 2 aromatic carbocycles. The van der Waals surface area contributed by atoms with E-state index in [0.29, 0.717) is 28.3 Å². The molecule has 0 aliphatic carbocycles. The molecular weight excluding hydrogens is 474 g/mol. The van der Waals surface area contributed by atoms with Crippen molar-refractivity contribution in [3.63, 3.8) is 0 Å². The Kier molecular flexibility index (Phi) is 4.62. The Morgan fingerprint density at radius 3 is 2.53 bits per heavy atom. The Balaban J connectivity index is 1.48. The molecule has 5 heterocycles. The number of hydrogen-bond donors (Lipinski definition) is 0. The predicted octanol–water partition coefficient (Wildman–Crippen LogP) is 5.62. The molecule has 1 atom stereocenters. The van der Waals surface area contributed by atoms with Gasteiger partial charge >= 0.3 is 0 Å². The summed E-state index contributed by atoms with van der Waals surface area (Å²) < 4.78 is 9.96. The van der Waals surface area contributed by atoms with Crippen molar-refractivity contribution in [1.29, 1.82) is 0 Å². The van der Waals surface area contributed by atoms with Crippen LogP contribution in [-0.2, 0) is 0 Å². The Bertz CT molecular complexity index is 1730. The van der Waals surface area contributed by atoms with Gasteiger partial charge in [0.2, 0.25) is 11.8 Å². The number of nitrogens with zero attached hydrogens (tertiary/aromatic N) is 7. The Morgan fingerprint density at radius 1 is 0.917 bits per heavy atom. The summed E-state index contributed by atoms with van der Waals surface area (Å²) in [4.78, 5) is 14.0. The Morgan fingerprint density at radius 2 is 1.75 bits per heavy atom. The van der Waals surface area contributed by atoms with Gasteiger partial charge in [0.1, 0.15) is 6.33 Å². The van der Waals surface area contributed by atoms with Crippen molar-refractivity contribution in [2.75, 3.05) is 0 Å². The summed E-state index contributed by atoms with van der Waals surface area (Å²) in [7, 11) is 0. The number of aryl methyl sites for hydroxylation is 1. The van der Waals surface area contributed by atoms with Gasteiger partial charge in [-0.2, -0.15) is 5.10 Å². The number of pyridine rings is 1. The number of fused-ring (bicyclic) bond motifs is 4. The van der Waals surface area contributed by atoms with Crippen molar-refractivity contribution in [2.24, 2.45) is 0 Å². The molecule has 174 valence electrons. The van der Waals surface area contributed by atoms with Gasteiger partial charge in [0.05, 0.1) is 28.4 Å². The van der Waals surface area contributed by atoms with Crippen LogP contribution in [0.25, 0.3) is 22.7 Å². The highest BCUT2D eigenvalue weighted by Crippen LogP contribution is 2.49. The van der Waals surface area contributed by atoms with Gasteiger partial charge in [-0.3, -0.25) is 4.98 Å². The summed E-state index contributed by atoms with van der Waals surface area (Å²) in [6.45, 7) is 1.99. The smallest absolute Gasteiger partial charge is 0.230 e. The molecule has 0 radical (unpaired) electrons. The zero-order valence-corrected chi connectivity index (χ0v) is 19.8. The maximum Gasteiger partial charge on any atom is 0.230 e. The second-order valence-electron chi connectivity index (χ2n) is 8.55. The molecule has 0 N–H and O–H groups in total. The SMILES string of the molecule is Cc1nn(-c2ccccc2)c2c1[C@H](c1cccnc1)c1c(ncn3nc(-c4ccc(Cl)cc4)nc13)O2. The molecule has 8 nitrogen and oxygen atoms in total. The van der Waals surface area contributed by atoms with Gasteiger partial charge in [0, 0.05) is 23.0 Å². The molecule has 4 aromatic heterocycles. The highest BCUT2D eigenvalue weighted by molar-refractivity contribution is 6.30. The summed E-state index contributed by atoms with van der Waals surface area (Å²) in [5.41, 5.74) is 6.05. The minimum Gasteiger partial charge on any atom is -0.420 e. The Labute approximate surface area is 210 Å². The van der Waals surface area contributed by atoms with Crippen molar-refractivity contribution >= 4 is 17.2 Å². The van der Waals surface area contributed by atoms with Gasteiger partial charge in [-0.25, -0.2) is 19.2 Å². The van der Waals surface area contributed by atoms with Crippen molar-refractivity contribution in [3.8, 4) is 28.8 Å². The normalized spacial score (nSPS) is 14.3. The van der Waals surface area contributed by atoms with Crippen LogP contribution < -0.4 is 4.74 Å². The van der Waals surface area contributed by atoms with Crippen LogP contribution in [0.2, 0.25) is 5.02 Å². The van der Waals surface area contributed by atoms with E-state index in [1.165, 1.54) is 0 Å². The molecule has 7 rings (SSSR count). The van der Waals surface area contributed by atoms with E-state index in [4.69, 9.17) is 26.4 Å². The van der Waals surface area contributed by atoms with Gasteiger partial charge in [-0.1, -0.05) is 35.9 Å². The van der Waals surface area contributed by atoms with Crippen molar-refractivity contribution in [1.82, 2.24) is 34.3 Å². The largest absolute Gasteiger partial charge is 0.420 e. The van der Waals surface area contributed by atoms with E-state index >= 15 is 0 Å². The molecule has 1 aliphatic rings. The van der Waals surface area contributed by atoms with Crippen molar-refractivity contribution < 1.29 is 4.74 Å². The zero-order chi connectivity index (χ0) is 24.2. The third kappa shape index (κ3) is 3.19. The first-order valence-electron chi connectivity index (χ1n) is 11.4. The first kappa shape index (κ1) is 20.8. The highest BCUT2D eigenvalue weighted by atomic mass is 35.5. The van der Waals surface area contributed by atoms with E-state index in [1.54, 1.807) is 17.0 Å². The topological polar surface area (TPSA) is 83.0 Å². The summed E-state index contributed by atoms with van der Waals surface area (Å²) in [5, 5.41) is 10.2. The quantitative estimate of drug-likeness (QED) is 0.319.